The zero-order valence-corrected chi connectivity index (χ0v) is 19.8. The fourth-order valence-corrected chi connectivity index (χ4v) is 5.55. The van der Waals surface area contributed by atoms with Crippen LogP contribution in [0.15, 0.2) is 30.6 Å². The molecule has 1 N–H and O–H groups in total. The Hall–Kier alpha value is -2.00. The topological polar surface area (TPSA) is 66.3 Å². The molecule has 1 saturated carbocycles. The quantitative estimate of drug-likeness (QED) is 0.699. The van der Waals surface area contributed by atoms with E-state index in [4.69, 9.17) is 5.11 Å². The summed E-state index contributed by atoms with van der Waals surface area (Å²) in [7, 11) is -2.99. The molecule has 0 atom stereocenters. The first-order valence-electron chi connectivity index (χ1n) is 9.94. The molecule has 5 nitrogen and oxygen atoms in total. The number of carbonyl (C=O) groups is 1. The summed E-state index contributed by atoms with van der Waals surface area (Å²) in [6.07, 6.45) is 5.29. The van der Waals surface area contributed by atoms with Crippen LogP contribution >= 0.6 is 0 Å². The fraction of sp³-hybridized carbons (Fsp3) is 0.476. The number of rotatable bonds is 7. The third kappa shape index (κ3) is 4.88. The molecule has 1 aliphatic carbocycles. The van der Waals surface area contributed by atoms with Gasteiger partial charge in [0, 0.05) is 24.6 Å². The minimum atomic E-state index is -1.49. The van der Waals surface area contributed by atoms with Crippen LogP contribution in [0.25, 0.3) is 0 Å². The molecule has 1 aliphatic rings. The fourth-order valence-electron chi connectivity index (χ4n) is 3.07. The zero-order valence-electron chi connectivity index (χ0n) is 17.8. The van der Waals surface area contributed by atoms with Gasteiger partial charge in [-0.25, -0.2) is 14.8 Å². The van der Waals surface area contributed by atoms with E-state index >= 15 is 0 Å². The third-order valence-electron chi connectivity index (χ3n) is 5.23. The number of anilines is 2. The third-order valence-corrected chi connectivity index (χ3v) is 9.27. The van der Waals surface area contributed by atoms with Crippen LogP contribution in [0.3, 0.4) is 0 Å². The van der Waals surface area contributed by atoms with Gasteiger partial charge in [-0.15, -0.1) is 0 Å². The molecular formula is C21H31N3O2Si2. The Kier molecular flexibility index (Phi) is 5.51. The van der Waals surface area contributed by atoms with Crippen molar-refractivity contribution in [2.24, 2.45) is 5.92 Å². The van der Waals surface area contributed by atoms with Gasteiger partial charge in [-0.3, -0.25) is 0 Å². The number of hydrogen-bond donors (Lipinski definition) is 1. The normalized spacial score (nSPS) is 14.8. The van der Waals surface area contributed by atoms with Gasteiger partial charge < -0.3 is 10.0 Å². The van der Waals surface area contributed by atoms with E-state index in [-0.39, 0.29) is 5.56 Å². The van der Waals surface area contributed by atoms with Crippen LogP contribution in [0.4, 0.5) is 11.6 Å². The average Bonchev–Trinajstić information content (AvgIpc) is 3.42. The molecule has 0 spiro atoms. The van der Waals surface area contributed by atoms with Gasteiger partial charge in [0.15, 0.2) is 0 Å². The maximum Gasteiger partial charge on any atom is 0.338 e. The summed E-state index contributed by atoms with van der Waals surface area (Å²) in [6.45, 7) is 15.2. The first-order valence-corrected chi connectivity index (χ1v) is 16.9. The summed E-state index contributed by atoms with van der Waals surface area (Å²) in [6, 6.07) is 7.05. The number of hydrogen-bond acceptors (Lipinski definition) is 4. The molecule has 1 heterocycles. The Morgan fingerprint density at radius 1 is 1.00 bits per heavy atom. The van der Waals surface area contributed by atoms with Crippen molar-refractivity contribution in [1.82, 2.24) is 9.97 Å². The van der Waals surface area contributed by atoms with Crippen molar-refractivity contribution in [3.8, 4) is 0 Å². The summed E-state index contributed by atoms with van der Waals surface area (Å²) in [5, 5.41) is 12.1. The molecule has 1 fully saturated rings. The van der Waals surface area contributed by atoms with Gasteiger partial charge in [-0.1, -0.05) is 55.7 Å². The van der Waals surface area contributed by atoms with Crippen molar-refractivity contribution in [1.29, 1.82) is 0 Å². The summed E-state index contributed by atoms with van der Waals surface area (Å²) in [4.78, 5) is 22.2. The molecule has 0 bridgehead atoms. The van der Waals surface area contributed by atoms with Crippen LogP contribution in [0.5, 0.6) is 0 Å². The smallest absolute Gasteiger partial charge is 0.338 e. The van der Waals surface area contributed by atoms with E-state index in [0.717, 1.165) is 12.2 Å². The average molecular weight is 414 g/mol. The Balaban J connectivity index is 2.09. The monoisotopic (exact) mass is 413 g/mol. The number of nitrogens with zero attached hydrogens (tertiary/aromatic N) is 3. The second kappa shape index (κ2) is 7.44. The van der Waals surface area contributed by atoms with E-state index in [9.17, 15) is 4.79 Å². The number of carboxylic acids is 1. The molecule has 28 heavy (non-hydrogen) atoms. The first kappa shape index (κ1) is 20.7. The van der Waals surface area contributed by atoms with E-state index < -0.39 is 22.1 Å². The van der Waals surface area contributed by atoms with Crippen molar-refractivity contribution in [2.75, 3.05) is 11.4 Å². The molecule has 0 radical (unpaired) electrons. The number of benzene rings is 1. The van der Waals surface area contributed by atoms with Gasteiger partial charge in [0.05, 0.1) is 21.7 Å². The lowest BCUT2D eigenvalue weighted by molar-refractivity contribution is 0.0696. The van der Waals surface area contributed by atoms with E-state index in [1.54, 1.807) is 0 Å². The Bertz CT molecular complexity index is 834. The minimum absolute atomic E-state index is 0.119. The summed E-state index contributed by atoms with van der Waals surface area (Å²) in [5.41, 5.74) is 1.26. The molecule has 3 rings (SSSR count). The summed E-state index contributed by atoms with van der Waals surface area (Å²) < 4.78 is 0. The van der Waals surface area contributed by atoms with Crippen LogP contribution in [-0.2, 0) is 0 Å². The molecule has 0 saturated heterocycles. The molecule has 0 aliphatic heterocycles. The van der Waals surface area contributed by atoms with Crippen molar-refractivity contribution >= 4 is 44.1 Å². The lowest BCUT2D eigenvalue weighted by atomic mass is 10.2. The van der Waals surface area contributed by atoms with Crippen LogP contribution in [0, 0.1) is 5.92 Å². The van der Waals surface area contributed by atoms with Gasteiger partial charge in [-0.05, 0) is 30.9 Å². The first-order chi connectivity index (χ1) is 12.9. The molecular weight excluding hydrogens is 382 g/mol. The van der Waals surface area contributed by atoms with E-state index in [2.05, 4.69) is 72.3 Å². The van der Waals surface area contributed by atoms with Crippen LogP contribution in [0.1, 0.15) is 23.2 Å². The molecule has 7 heteroatoms. The minimum Gasteiger partial charge on any atom is -0.478 e. The number of carboxylic acid groups (broad SMARTS) is 1. The molecule has 150 valence electrons. The zero-order chi connectivity index (χ0) is 20.7. The number of aromatic nitrogens is 2. The van der Waals surface area contributed by atoms with Crippen molar-refractivity contribution in [3.63, 3.8) is 0 Å². The Morgan fingerprint density at radius 3 is 1.89 bits per heavy atom. The van der Waals surface area contributed by atoms with E-state index in [0.29, 0.717) is 11.9 Å². The summed E-state index contributed by atoms with van der Waals surface area (Å²) in [5.74, 6) is 0.252. The van der Waals surface area contributed by atoms with E-state index in [1.807, 2.05) is 0 Å². The van der Waals surface area contributed by atoms with Gasteiger partial charge >= 0.3 is 5.97 Å². The van der Waals surface area contributed by atoms with Crippen molar-refractivity contribution in [3.05, 3.63) is 36.2 Å². The SMILES string of the molecule is C[Si](C)(C)c1cc(N(CC2CC2)c2ncc(C(=O)O)cn2)cc([Si](C)(C)C)c1. The maximum atomic E-state index is 11.2. The van der Waals surface area contributed by atoms with Crippen LogP contribution in [-0.4, -0.2) is 43.7 Å². The highest BCUT2D eigenvalue weighted by Crippen LogP contribution is 2.34. The Morgan fingerprint density at radius 2 is 1.50 bits per heavy atom. The lowest BCUT2D eigenvalue weighted by Gasteiger charge is -2.29. The second-order valence-electron chi connectivity index (χ2n) is 9.90. The maximum absolute atomic E-state index is 11.2. The molecule has 2 aromatic rings. The highest BCUT2D eigenvalue weighted by molar-refractivity contribution is 6.91. The molecule has 0 unspecified atom stereocenters. The van der Waals surface area contributed by atoms with E-state index in [1.165, 1.54) is 35.6 Å². The van der Waals surface area contributed by atoms with Gasteiger partial charge in [0.1, 0.15) is 0 Å². The predicted molar refractivity (Wildman–Crippen MR) is 121 cm³/mol. The highest BCUT2D eigenvalue weighted by Gasteiger charge is 2.29. The summed E-state index contributed by atoms with van der Waals surface area (Å²) >= 11 is 0. The molecule has 1 aromatic heterocycles. The lowest BCUT2D eigenvalue weighted by Crippen LogP contribution is -2.45. The number of aromatic carboxylic acids is 1. The van der Waals surface area contributed by atoms with Crippen molar-refractivity contribution in [2.45, 2.75) is 52.1 Å². The predicted octanol–water partition coefficient (Wildman–Crippen LogP) is 3.81. The van der Waals surface area contributed by atoms with Gasteiger partial charge in [0.2, 0.25) is 5.95 Å². The second-order valence-corrected chi connectivity index (χ2v) is 20.1. The van der Waals surface area contributed by atoms with Crippen LogP contribution < -0.4 is 15.3 Å². The Labute approximate surface area is 169 Å². The largest absolute Gasteiger partial charge is 0.478 e. The van der Waals surface area contributed by atoms with Crippen LogP contribution in [0.2, 0.25) is 39.3 Å². The van der Waals surface area contributed by atoms with Gasteiger partial charge in [0.25, 0.3) is 0 Å². The molecule has 0 amide bonds. The van der Waals surface area contributed by atoms with Crippen molar-refractivity contribution < 1.29 is 9.90 Å². The standard InChI is InChI=1S/C21H31N3O2Si2/c1-27(2,3)18-9-17(10-19(11-18)28(4,5)6)24(14-15-7-8-15)21-22-12-16(13-23-21)20(25)26/h9-13,15H,7-8,14H2,1-6H3,(H,25,26). The highest BCUT2D eigenvalue weighted by atomic mass is 28.3. The van der Waals surface area contributed by atoms with Gasteiger partial charge in [-0.2, -0.15) is 0 Å². The molecule has 1 aromatic carbocycles.